The summed E-state index contributed by atoms with van der Waals surface area (Å²) in [6.07, 6.45) is 17.9. The summed E-state index contributed by atoms with van der Waals surface area (Å²) in [5, 5.41) is 10.1. The highest BCUT2D eigenvalue weighted by Gasteiger charge is 2.25. The zero-order chi connectivity index (χ0) is 23.6. The second kappa shape index (κ2) is 20.4. The van der Waals surface area contributed by atoms with Crippen molar-refractivity contribution in [3.8, 4) is 0 Å². The van der Waals surface area contributed by atoms with E-state index in [-0.39, 0.29) is 25.6 Å². The van der Waals surface area contributed by atoms with Crippen molar-refractivity contribution < 1.29 is 40.5 Å². The van der Waals surface area contributed by atoms with Gasteiger partial charge < -0.3 is 32.6 Å². The van der Waals surface area contributed by atoms with E-state index in [4.69, 9.17) is 14.8 Å². The third-order valence-corrected chi connectivity index (χ3v) is 6.18. The van der Waals surface area contributed by atoms with E-state index in [1.165, 1.54) is 64.2 Å². The molecule has 0 rings (SSSR count). The topological polar surface area (TPSA) is 102 Å². The number of likely N-dealkylation sites (N-methyl/N-ethyl adjacent to an activating group) is 1. The van der Waals surface area contributed by atoms with Crippen molar-refractivity contribution in [3.63, 3.8) is 0 Å². The normalized spacial score (nSPS) is 16.0. The van der Waals surface area contributed by atoms with E-state index >= 15 is 0 Å². The van der Waals surface area contributed by atoms with Gasteiger partial charge in [0, 0.05) is 0 Å². The van der Waals surface area contributed by atoms with Gasteiger partial charge in [-0.05, 0) is 12.8 Å². The Morgan fingerprint density at radius 2 is 1.44 bits per heavy atom. The van der Waals surface area contributed by atoms with Gasteiger partial charge in [0.2, 0.25) is 0 Å². The Kier molecular flexibility index (Phi) is 21.8. The molecule has 0 saturated heterocycles. The Morgan fingerprint density at radius 3 is 1.94 bits per heavy atom. The molecule has 194 valence electrons. The summed E-state index contributed by atoms with van der Waals surface area (Å²) in [6, 6.07) is -0.781. The number of phosphoric acid groups is 1. The molecule has 0 aliphatic heterocycles. The van der Waals surface area contributed by atoms with Gasteiger partial charge in [0.1, 0.15) is 13.2 Å². The zero-order valence-corrected chi connectivity index (χ0v) is 22.5. The fourth-order valence-corrected chi connectivity index (χ4v) is 3.80. The van der Waals surface area contributed by atoms with Gasteiger partial charge >= 0.3 is 7.82 Å². The van der Waals surface area contributed by atoms with E-state index < -0.39 is 20.0 Å². The number of rotatable bonds is 21. The van der Waals surface area contributed by atoms with Crippen LogP contribution in [0.25, 0.3) is 0 Å². The molecular weight excluding hydrogens is 451 g/mol. The molecule has 3 atom stereocenters. The van der Waals surface area contributed by atoms with E-state index in [1.807, 2.05) is 27.2 Å². The van der Waals surface area contributed by atoms with Crippen LogP contribution in [0.2, 0.25) is 0 Å². The predicted molar refractivity (Wildman–Crippen MR) is 129 cm³/mol. The summed E-state index contributed by atoms with van der Waals surface area (Å²) in [7, 11) is 1.72. The lowest BCUT2D eigenvalue weighted by Gasteiger charge is -2.24. The highest BCUT2D eigenvalue weighted by molar-refractivity contribution is 7.47. The molecule has 0 bridgehead atoms. The van der Waals surface area contributed by atoms with Crippen molar-refractivity contribution in [2.24, 2.45) is 5.73 Å². The quantitative estimate of drug-likeness (QED) is 0.0960. The number of aliphatic hydroxyl groups excluding tert-OH is 1. The smallest absolute Gasteiger partial charge is 0.472 e. The first-order valence-electron chi connectivity index (χ1n) is 12.1. The SMILES string of the molecule is CCCCCCCCCCCCCC=C[C@@H](O)[C@@H](N)COP(=O)(O)OCC[N+](C)(C)C.[Cl-]. The molecule has 32 heavy (non-hydrogen) atoms. The molecule has 0 spiro atoms. The molecule has 4 N–H and O–H groups in total. The Hall–Kier alpha value is 0.0200. The minimum atomic E-state index is -4.16. The van der Waals surface area contributed by atoms with Gasteiger partial charge in [-0.3, -0.25) is 9.05 Å². The summed E-state index contributed by atoms with van der Waals surface area (Å²) >= 11 is 0. The third-order valence-electron chi connectivity index (χ3n) is 5.19. The standard InChI is InChI=1S/C23H49N2O5P.ClH/c1-5-6-7-8-9-10-11-12-13-14-15-16-17-18-23(26)22(24)21-30-31(27,28)29-20-19-25(2,3)4;/h17-18,22-23,26H,5-16,19-21,24H2,1-4H3;1H/t22-,23+;/m0./s1. The van der Waals surface area contributed by atoms with Crippen LogP contribution >= 0.6 is 7.82 Å². The van der Waals surface area contributed by atoms with Crippen molar-refractivity contribution in [2.45, 2.75) is 96.1 Å². The van der Waals surface area contributed by atoms with Crippen LogP contribution in [0.5, 0.6) is 0 Å². The van der Waals surface area contributed by atoms with Crippen LogP contribution < -0.4 is 18.1 Å². The van der Waals surface area contributed by atoms with E-state index in [0.29, 0.717) is 11.0 Å². The average Bonchev–Trinajstić information content (AvgIpc) is 2.68. The third kappa shape index (κ3) is 23.2. The largest absolute Gasteiger partial charge is 1.00 e. The Labute approximate surface area is 203 Å². The number of unbranched alkanes of at least 4 members (excludes halogenated alkanes) is 11. The first-order chi connectivity index (χ1) is 14.6. The molecule has 7 nitrogen and oxygen atoms in total. The van der Waals surface area contributed by atoms with E-state index in [1.54, 1.807) is 6.08 Å². The molecule has 9 heteroatoms. The number of nitrogens with zero attached hydrogens (tertiary/aromatic N) is 1. The first-order valence-corrected chi connectivity index (χ1v) is 13.6. The summed E-state index contributed by atoms with van der Waals surface area (Å²) in [6.45, 7) is 2.68. The number of phosphoric ester groups is 1. The van der Waals surface area contributed by atoms with Crippen molar-refractivity contribution in [1.82, 2.24) is 0 Å². The molecule has 0 aliphatic rings. The van der Waals surface area contributed by atoms with E-state index in [2.05, 4.69) is 6.92 Å². The number of halogens is 1. The van der Waals surface area contributed by atoms with E-state index in [0.717, 1.165) is 12.8 Å². The van der Waals surface area contributed by atoms with E-state index in [9.17, 15) is 14.6 Å². The van der Waals surface area contributed by atoms with Crippen molar-refractivity contribution in [1.29, 1.82) is 0 Å². The molecule has 0 aromatic carbocycles. The molecular formula is C23H50ClN2O5P. The lowest BCUT2D eigenvalue weighted by atomic mass is 10.0. The highest BCUT2D eigenvalue weighted by Crippen LogP contribution is 2.43. The van der Waals surface area contributed by atoms with Crippen molar-refractivity contribution >= 4 is 7.82 Å². The fourth-order valence-electron chi connectivity index (χ4n) is 3.05. The van der Waals surface area contributed by atoms with Gasteiger partial charge in [-0.2, -0.15) is 0 Å². The maximum Gasteiger partial charge on any atom is 0.472 e. The van der Waals surface area contributed by atoms with Crippen LogP contribution in [-0.2, 0) is 13.6 Å². The second-order valence-corrected chi connectivity index (χ2v) is 11.0. The average molecular weight is 501 g/mol. The summed E-state index contributed by atoms with van der Waals surface area (Å²) in [5.74, 6) is 0. The molecule has 0 amide bonds. The lowest BCUT2D eigenvalue weighted by Crippen LogP contribution is -3.00. The number of allylic oxidation sites excluding steroid dienone is 1. The maximum absolute atomic E-state index is 11.9. The number of aliphatic hydroxyl groups is 1. The monoisotopic (exact) mass is 500 g/mol. The van der Waals surface area contributed by atoms with Crippen LogP contribution in [0.3, 0.4) is 0 Å². The molecule has 0 aliphatic carbocycles. The minimum absolute atomic E-state index is 0. The molecule has 0 heterocycles. The van der Waals surface area contributed by atoms with Gasteiger partial charge in [-0.1, -0.05) is 83.3 Å². The van der Waals surface area contributed by atoms with Gasteiger partial charge in [-0.15, -0.1) is 0 Å². The number of nitrogens with two attached hydrogens (primary N) is 1. The summed E-state index contributed by atoms with van der Waals surface area (Å²) in [5.41, 5.74) is 5.85. The Balaban J connectivity index is 0. The highest BCUT2D eigenvalue weighted by atomic mass is 35.5. The number of quaternary nitrogens is 1. The zero-order valence-electron chi connectivity index (χ0n) is 20.9. The molecule has 0 aromatic rings. The van der Waals surface area contributed by atoms with Crippen molar-refractivity contribution in [2.75, 3.05) is 40.9 Å². The van der Waals surface area contributed by atoms with Crippen LogP contribution in [-0.4, -0.2) is 67.5 Å². The summed E-state index contributed by atoms with van der Waals surface area (Å²) in [4.78, 5) is 9.69. The van der Waals surface area contributed by atoms with Gasteiger partial charge in [0.05, 0.1) is 39.9 Å². The number of hydrogen-bond acceptors (Lipinski definition) is 5. The fraction of sp³-hybridized carbons (Fsp3) is 0.913. The molecule has 0 radical (unpaired) electrons. The van der Waals surface area contributed by atoms with Gasteiger partial charge in [-0.25, -0.2) is 4.57 Å². The Morgan fingerprint density at radius 1 is 0.938 bits per heavy atom. The maximum atomic E-state index is 11.9. The van der Waals surface area contributed by atoms with Crippen LogP contribution in [0.15, 0.2) is 12.2 Å². The second-order valence-electron chi connectivity index (χ2n) is 9.52. The van der Waals surface area contributed by atoms with Crippen molar-refractivity contribution in [3.05, 3.63) is 12.2 Å². The lowest BCUT2D eigenvalue weighted by molar-refractivity contribution is -0.870. The number of hydrogen-bond donors (Lipinski definition) is 3. The predicted octanol–water partition coefficient (Wildman–Crippen LogP) is 1.78. The Bertz CT molecular complexity index is 503. The molecule has 0 aromatic heterocycles. The van der Waals surface area contributed by atoms with Crippen LogP contribution in [0.4, 0.5) is 0 Å². The van der Waals surface area contributed by atoms with Gasteiger partial charge in [0.15, 0.2) is 0 Å². The van der Waals surface area contributed by atoms with Crippen LogP contribution in [0.1, 0.15) is 84.0 Å². The molecule has 0 saturated carbocycles. The molecule has 0 fully saturated rings. The summed E-state index contributed by atoms with van der Waals surface area (Å²) < 4.78 is 22.3. The first kappa shape index (κ1) is 34.2. The minimum Gasteiger partial charge on any atom is -1.00 e. The van der Waals surface area contributed by atoms with Crippen LogP contribution in [0, 0.1) is 0 Å². The molecule has 1 unspecified atom stereocenters. The van der Waals surface area contributed by atoms with Gasteiger partial charge in [0.25, 0.3) is 0 Å².